The van der Waals surface area contributed by atoms with Gasteiger partial charge in [0.25, 0.3) is 0 Å². The van der Waals surface area contributed by atoms with Crippen LogP contribution in [0.15, 0.2) is 60.8 Å². The van der Waals surface area contributed by atoms with Crippen LogP contribution in [0.5, 0.6) is 0 Å². The van der Waals surface area contributed by atoms with Crippen molar-refractivity contribution >= 4 is 10.9 Å². The Morgan fingerprint density at radius 3 is 2.32 bits per heavy atom. The summed E-state index contributed by atoms with van der Waals surface area (Å²) in [5.74, 6) is 0. The lowest BCUT2D eigenvalue weighted by Crippen LogP contribution is -2.14. The summed E-state index contributed by atoms with van der Waals surface area (Å²) in [6, 6.07) is 19.7. The van der Waals surface area contributed by atoms with E-state index < -0.39 is 0 Å². The molecule has 0 bridgehead atoms. The molecule has 2 heteroatoms. The third kappa shape index (κ3) is 6.17. The number of nitrogens with one attached hydrogen (secondary N) is 1. The van der Waals surface area contributed by atoms with Gasteiger partial charge in [-0.05, 0) is 61.4 Å². The van der Waals surface area contributed by atoms with E-state index in [2.05, 4.69) is 71.8 Å². The van der Waals surface area contributed by atoms with Crippen molar-refractivity contribution < 1.29 is 0 Å². The van der Waals surface area contributed by atoms with Gasteiger partial charge in [0.15, 0.2) is 0 Å². The second-order valence-electron chi connectivity index (χ2n) is 7.71. The molecule has 2 aromatic carbocycles. The van der Waals surface area contributed by atoms with Gasteiger partial charge in [0.05, 0.1) is 5.52 Å². The lowest BCUT2D eigenvalue weighted by Gasteiger charge is -2.11. The van der Waals surface area contributed by atoms with Gasteiger partial charge in [-0.25, -0.2) is 0 Å². The van der Waals surface area contributed by atoms with Crippen molar-refractivity contribution in [2.75, 3.05) is 6.54 Å². The van der Waals surface area contributed by atoms with Gasteiger partial charge in [-0.3, -0.25) is 4.98 Å². The molecule has 148 valence electrons. The lowest BCUT2D eigenvalue weighted by atomic mass is 9.98. The summed E-state index contributed by atoms with van der Waals surface area (Å²) in [6.07, 6.45) is 12.0. The Kier molecular flexibility index (Phi) is 8.52. The summed E-state index contributed by atoms with van der Waals surface area (Å²) in [7, 11) is 0. The van der Waals surface area contributed by atoms with Gasteiger partial charge in [0.1, 0.15) is 0 Å². The molecule has 0 spiro atoms. The average Bonchev–Trinajstić information content (AvgIpc) is 2.75. The number of benzene rings is 2. The molecule has 1 heterocycles. The van der Waals surface area contributed by atoms with Crippen LogP contribution in [-0.4, -0.2) is 11.5 Å². The first-order valence-corrected chi connectivity index (χ1v) is 11.0. The van der Waals surface area contributed by atoms with Crippen molar-refractivity contribution in [2.24, 2.45) is 0 Å². The maximum absolute atomic E-state index is 4.68. The zero-order chi connectivity index (χ0) is 19.4. The van der Waals surface area contributed by atoms with Gasteiger partial charge >= 0.3 is 0 Å². The minimum atomic E-state index is 0.906. The summed E-state index contributed by atoms with van der Waals surface area (Å²) in [5.41, 5.74) is 5.40. The van der Waals surface area contributed by atoms with E-state index in [1.165, 1.54) is 66.1 Å². The van der Waals surface area contributed by atoms with Crippen LogP contribution in [0.1, 0.15) is 62.1 Å². The molecule has 0 aliphatic heterocycles. The number of aromatic nitrogens is 1. The van der Waals surface area contributed by atoms with E-state index in [0.717, 1.165) is 25.9 Å². The summed E-state index contributed by atoms with van der Waals surface area (Å²) in [4.78, 5) is 4.68. The second kappa shape index (κ2) is 11.6. The Morgan fingerprint density at radius 2 is 1.50 bits per heavy atom. The number of pyridine rings is 1. The minimum Gasteiger partial charge on any atom is -0.313 e. The maximum Gasteiger partial charge on any atom is 0.0749 e. The Labute approximate surface area is 170 Å². The molecule has 1 N–H and O–H groups in total. The smallest absolute Gasteiger partial charge is 0.0749 e. The second-order valence-corrected chi connectivity index (χ2v) is 7.71. The highest BCUT2D eigenvalue weighted by Gasteiger charge is 2.07. The Hall–Kier alpha value is -2.19. The van der Waals surface area contributed by atoms with Gasteiger partial charge in [0, 0.05) is 18.1 Å². The molecule has 28 heavy (non-hydrogen) atoms. The number of rotatable bonds is 12. The fourth-order valence-electron chi connectivity index (χ4n) is 3.87. The number of nitrogens with zero attached hydrogens (tertiary/aromatic N) is 1. The van der Waals surface area contributed by atoms with Gasteiger partial charge in [-0.15, -0.1) is 0 Å². The fourth-order valence-corrected chi connectivity index (χ4v) is 3.87. The third-order valence-electron chi connectivity index (χ3n) is 5.44. The Morgan fingerprint density at radius 1 is 0.750 bits per heavy atom. The highest BCUT2D eigenvalue weighted by atomic mass is 14.8. The molecule has 0 amide bonds. The van der Waals surface area contributed by atoms with Crippen LogP contribution >= 0.6 is 0 Å². The van der Waals surface area contributed by atoms with Crippen LogP contribution in [0.25, 0.3) is 10.9 Å². The van der Waals surface area contributed by atoms with E-state index >= 15 is 0 Å². The molecule has 0 unspecified atom stereocenters. The van der Waals surface area contributed by atoms with Crippen LogP contribution in [0.2, 0.25) is 0 Å². The molecular weight excluding hydrogens is 340 g/mol. The van der Waals surface area contributed by atoms with Crippen LogP contribution < -0.4 is 5.32 Å². The van der Waals surface area contributed by atoms with Gasteiger partial charge in [-0.1, -0.05) is 74.7 Å². The first-order chi connectivity index (χ1) is 13.9. The zero-order valence-electron chi connectivity index (χ0n) is 17.3. The van der Waals surface area contributed by atoms with E-state index in [4.69, 9.17) is 0 Å². The van der Waals surface area contributed by atoms with E-state index in [1.54, 1.807) is 0 Å². The Balaban J connectivity index is 1.44. The van der Waals surface area contributed by atoms with Crippen LogP contribution in [0.4, 0.5) is 0 Å². The highest BCUT2D eigenvalue weighted by Crippen LogP contribution is 2.23. The molecule has 0 radical (unpaired) electrons. The van der Waals surface area contributed by atoms with Gasteiger partial charge in [-0.2, -0.15) is 0 Å². The first-order valence-electron chi connectivity index (χ1n) is 11.0. The summed E-state index contributed by atoms with van der Waals surface area (Å²) in [5, 5.41) is 4.84. The number of hydrogen-bond acceptors (Lipinski definition) is 2. The van der Waals surface area contributed by atoms with Crippen LogP contribution in [0, 0.1) is 0 Å². The van der Waals surface area contributed by atoms with Crippen molar-refractivity contribution in [3.8, 4) is 0 Å². The summed E-state index contributed by atoms with van der Waals surface area (Å²) < 4.78 is 0. The number of aryl methyl sites for hydroxylation is 2. The number of unbranched alkanes of at least 4 members (excludes halogenated alkanes) is 4. The third-order valence-corrected chi connectivity index (χ3v) is 5.44. The number of fused-ring (bicyclic) bond motifs is 1. The highest BCUT2D eigenvalue weighted by molar-refractivity contribution is 5.85. The van der Waals surface area contributed by atoms with Crippen molar-refractivity contribution in [3.05, 3.63) is 77.5 Å². The van der Waals surface area contributed by atoms with E-state index in [1.807, 2.05) is 6.20 Å². The number of hydrogen-bond donors (Lipinski definition) is 1. The standard InChI is InChI=1S/C26H34N2/c1-2-19-27-21-24-18-17-23(25-16-11-20-28-26(24)25)15-10-5-3-4-7-12-22-13-8-6-9-14-22/h6,8-9,11,13-14,16-18,20,27H,2-5,7,10,12,15,19,21H2,1H3. The van der Waals surface area contributed by atoms with Crippen molar-refractivity contribution in [1.29, 1.82) is 0 Å². The largest absolute Gasteiger partial charge is 0.313 e. The monoisotopic (exact) mass is 374 g/mol. The molecule has 0 saturated heterocycles. The zero-order valence-corrected chi connectivity index (χ0v) is 17.3. The quantitative estimate of drug-likeness (QED) is 0.367. The normalized spacial score (nSPS) is 11.2. The maximum atomic E-state index is 4.68. The predicted octanol–water partition coefficient (Wildman–Crippen LogP) is 6.47. The molecule has 3 aromatic rings. The molecule has 1 aromatic heterocycles. The molecule has 0 atom stereocenters. The minimum absolute atomic E-state index is 0.906. The van der Waals surface area contributed by atoms with Crippen LogP contribution in [0.3, 0.4) is 0 Å². The fraction of sp³-hybridized carbons (Fsp3) is 0.423. The Bertz CT molecular complexity index is 826. The SMILES string of the molecule is CCCNCc1ccc(CCCCCCCc2ccccc2)c2cccnc12. The molecule has 0 saturated carbocycles. The molecule has 2 nitrogen and oxygen atoms in total. The van der Waals surface area contributed by atoms with E-state index in [9.17, 15) is 0 Å². The van der Waals surface area contributed by atoms with E-state index in [-0.39, 0.29) is 0 Å². The first kappa shape index (κ1) is 20.5. The van der Waals surface area contributed by atoms with Crippen molar-refractivity contribution in [2.45, 2.75) is 64.8 Å². The molecular formula is C26H34N2. The molecule has 0 aliphatic carbocycles. The van der Waals surface area contributed by atoms with Gasteiger partial charge in [0.2, 0.25) is 0 Å². The predicted molar refractivity (Wildman–Crippen MR) is 121 cm³/mol. The molecule has 3 rings (SSSR count). The lowest BCUT2D eigenvalue weighted by molar-refractivity contribution is 0.614. The average molecular weight is 375 g/mol. The van der Waals surface area contributed by atoms with Gasteiger partial charge < -0.3 is 5.32 Å². The summed E-state index contributed by atoms with van der Waals surface area (Å²) in [6.45, 7) is 4.16. The van der Waals surface area contributed by atoms with E-state index in [0.29, 0.717) is 0 Å². The molecule has 0 aliphatic rings. The summed E-state index contributed by atoms with van der Waals surface area (Å²) >= 11 is 0. The van der Waals surface area contributed by atoms with Crippen molar-refractivity contribution in [3.63, 3.8) is 0 Å². The topological polar surface area (TPSA) is 24.9 Å². The van der Waals surface area contributed by atoms with Crippen molar-refractivity contribution in [1.82, 2.24) is 10.3 Å². The molecule has 0 fully saturated rings. The van der Waals surface area contributed by atoms with Crippen LogP contribution in [-0.2, 0) is 19.4 Å².